The summed E-state index contributed by atoms with van der Waals surface area (Å²) >= 11 is 0. The Morgan fingerprint density at radius 2 is 2.16 bits per heavy atom. The van der Waals surface area contributed by atoms with Crippen LogP contribution in [0.15, 0.2) is 18.2 Å². The molecule has 0 aliphatic carbocycles. The molecule has 6 heteroatoms. The van der Waals surface area contributed by atoms with Gasteiger partial charge in [-0.15, -0.1) is 12.4 Å². The molecule has 1 aromatic carbocycles. The van der Waals surface area contributed by atoms with Crippen molar-refractivity contribution in [2.24, 2.45) is 0 Å². The molecule has 1 amide bonds. The summed E-state index contributed by atoms with van der Waals surface area (Å²) in [4.78, 5) is 23.2. The van der Waals surface area contributed by atoms with E-state index in [2.05, 4.69) is 15.4 Å². The molecule has 19 heavy (non-hydrogen) atoms. The number of carbonyl (C=O) groups excluding carboxylic acids is 2. The highest BCUT2D eigenvalue weighted by molar-refractivity contribution is 5.97. The monoisotopic (exact) mass is 284 g/mol. The van der Waals surface area contributed by atoms with E-state index < -0.39 is 12.0 Å². The molecule has 5 nitrogen and oxygen atoms in total. The number of methoxy groups -OCH3 is 1. The van der Waals surface area contributed by atoms with Crippen LogP contribution in [-0.2, 0) is 16.0 Å². The molecule has 2 rings (SSSR count). The molecule has 2 N–H and O–H groups in total. The van der Waals surface area contributed by atoms with E-state index in [0.717, 1.165) is 24.2 Å². The number of amides is 1. The van der Waals surface area contributed by atoms with Crippen molar-refractivity contribution in [3.63, 3.8) is 0 Å². The Labute approximate surface area is 118 Å². The van der Waals surface area contributed by atoms with Crippen LogP contribution in [0.3, 0.4) is 0 Å². The number of esters is 1. The minimum atomic E-state index is -0.645. The lowest BCUT2D eigenvalue weighted by atomic mass is 10.1. The normalized spacial score (nSPS) is 13.6. The van der Waals surface area contributed by atoms with Crippen molar-refractivity contribution in [2.75, 3.05) is 19.0 Å². The third kappa shape index (κ3) is 3.38. The number of anilines is 1. The fourth-order valence-electron chi connectivity index (χ4n) is 1.96. The topological polar surface area (TPSA) is 67.4 Å². The lowest BCUT2D eigenvalue weighted by molar-refractivity contribution is -0.142. The smallest absolute Gasteiger partial charge is 0.328 e. The second-order valence-electron chi connectivity index (χ2n) is 4.27. The highest BCUT2D eigenvalue weighted by Gasteiger charge is 2.18. The zero-order chi connectivity index (χ0) is 13.1. The Morgan fingerprint density at radius 3 is 2.84 bits per heavy atom. The van der Waals surface area contributed by atoms with Crippen LogP contribution in [0, 0.1) is 0 Å². The van der Waals surface area contributed by atoms with E-state index in [1.54, 1.807) is 13.0 Å². The summed E-state index contributed by atoms with van der Waals surface area (Å²) in [5, 5.41) is 5.83. The Balaban J connectivity index is 0.00000180. The maximum atomic E-state index is 11.9. The predicted molar refractivity (Wildman–Crippen MR) is 74.8 cm³/mol. The van der Waals surface area contributed by atoms with Gasteiger partial charge in [0.1, 0.15) is 6.04 Å². The van der Waals surface area contributed by atoms with Crippen LogP contribution in [0.25, 0.3) is 0 Å². The summed E-state index contributed by atoms with van der Waals surface area (Å²) < 4.78 is 4.56. The van der Waals surface area contributed by atoms with E-state index in [1.807, 2.05) is 12.1 Å². The van der Waals surface area contributed by atoms with Gasteiger partial charge >= 0.3 is 5.97 Å². The maximum absolute atomic E-state index is 11.9. The van der Waals surface area contributed by atoms with Crippen molar-refractivity contribution in [1.29, 1.82) is 0 Å². The van der Waals surface area contributed by atoms with Gasteiger partial charge in [0.05, 0.1) is 7.11 Å². The molecule has 1 aliphatic rings. The van der Waals surface area contributed by atoms with Gasteiger partial charge in [-0.05, 0) is 37.1 Å². The van der Waals surface area contributed by atoms with E-state index in [9.17, 15) is 9.59 Å². The van der Waals surface area contributed by atoms with E-state index in [4.69, 9.17) is 0 Å². The Bertz CT molecular complexity index is 491. The van der Waals surface area contributed by atoms with Crippen LogP contribution in [0.2, 0.25) is 0 Å². The molecule has 0 saturated heterocycles. The molecular formula is C13H17ClN2O3. The molecule has 0 spiro atoms. The third-order valence-corrected chi connectivity index (χ3v) is 2.98. The number of nitrogens with one attached hydrogen (secondary N) is 2. The van der Waals surface area contributed by atoms with Gasteiger partial charge in [0.2, 0.25) is 0 Å². The fraction of sp³-hybridized carbons (Fsp3) is 0.385. The second kappa shape index (κ2) is 6.43. The van der Waals surface area contributed by atoms with Gasteiger partial charge in [-0.1, -0.05) is 0 Å². The number of fused-ring (bicyclic) bond motifs is 1. The number of ether oxygens (including phenoxy) is 1. The quantitative estimate of drug-likeness (QED) is 0.823. The number of hydrogen-bond acceptors (Lipinski definition) is 4. The fourth-order valence-corrected chi connectivity index (χ4v) is 1.96. The maximum Gasteiger partial charge on any atom is 0.328 e. The number of carbonyl (C=O) groups is 2. The van der Waals surface area contributed by atoms with Crippen molar-refractivity contribution in [1.82, 2.24) is 5.32 Å². The highest BCUT2D eigenvalue weighted by Crippen LogP contribution is 2.22. The molecule has 1 atom stereocenters. The SMILES string of the molecule is COC(=O)[C@H](C)NC(=O)c1ccc2c(c1)CCN2.Cl. The van der Waals surface area contributed by atoms with E-state index >= 15 is 0 Å². The van der Waals surface area contributed by atoms with Gasteiger partial charge in [0, 0.05) is 17.8 Å². The average molecular weight is 285 g/mol. The molecule has 0 unspecified atom stereocenters. The summed E-state index contributed by atoms with van der Waals surface area (Å²) in [6.07, 6.45) is 0.920. The van der Waals surface area contributed by atoms with E-state index in [-0.39, 0.29) is 18.3 Å². The minimum absolute atomic E-state index is 0. The van der Waals surface area contributed by atoms with E-state index in [1.165, 1.54) is 7.11 Å². The summed E-state index contributed by atoms with van der Waals surface area (Å²) in [7, 11) is 1.30. The average Bonchev–Trinajstić information content (AvgIpc) is 2.84. The molecule has 1 aromatic rings. The standard InChI is InChI=1S/C13H16N2O3.ClH/c1-8(13(17)18-2)15-12(16)10-3-4-11-9(7-10)5-6-14-11;/h3-4,7-8,14H,5-6H2,1-2H3,(H,15,16);1H/t8-;/m0./s1. The number of rotatable bonds is 3. The summed E-state index contributed by atoms with van der Waals surface area (Å²) in [5.74, 6) is -0.714. The number of halogens is 1. The van der Waals surface area contributed by atoms with Crippen molar-refractivity contribution >= 4 is 30.0 Å². The zero-order valence-corrected chi connectivity index (χ0v) is 11.7. The Kier molecular flexibility index (Phi) is 5.18. The van der Waals surface area contributed by atoms with E-state index in [0.29, 0.717) is 5.56 Å². The van der Waals surface area contributed by atoms with Crippen molar-refractivity contribution < 1.29 is 14.3 Å². The van der Waals surface area contributed by atoms with Crippen LogP contribution in [-0.4, -0.2) is 31.6 Å². The Morgan fingerprint density at radius 1 is 1.42 bits per heavy atom. The van der Waals surface area contributed by atoms with Gasteiger partial charge in [0.25, 0.3) is 5.91 Å². The van der Waals surface area contributed by atoms with Crippen LogP contribution in [0.1, 0.15) is 22.8 Å². The Hall–Kier alpha value is -1.75. The first-order valence-corrected chi connectivity index (χ1v) is 5.87. The molecule has 0 saturated carbocycles. The first-order valence-electron chi connectivity index (χ1n) is 5.87. The second-order valence-corrected chi connectivity index (χ2v) is 4.27. The molecule has 1 aliphatic heterocycles. The lowest BCUT2D eigenvalue weighted by Crippen LogP contribution is -2.39. The van der Waals surface area contributed by atoms with Gasteiger partial charge in [-0.25, -0.2) is 4.79 Å². The van der Waals surface area contributed by atoms with Gasteiger partial charge < -0.3 is 15.4 Å². The largest absolute Gasteiger partial charge is 0.467 e. The van der Waals surface area contributed by atoms with Gasteiger partial charge in [-0.2, -0.15) is 0 Å². The molecule has 0 fully saturated rings. The van der Waals surface area contributed by atoms with Crippen LogP contribution >= 0.6 is 12.4 Å². The molecule has 0 aromatic heterocycles. The van der Waals surface area contributed by atoms with Crippen molar-refractivity contribution in [3.05, 3.63) is 29.3 Å². The molecule has 0 bridgehead atoms. The molecule has 1 heterocycles. The highest BCUT2D eigenvalue weighted by atomic mass is 35.5. The van der Waals surface area contributed by atoms with Gasteiger partial charge in [-0.3, -0.25) is 4.79 Å². The molecule has 104 valence electrons. The zero-order valence-electron chi connectivity index (χ0n) is 10.9. The number of benzene rings is 1. The van der Waals surface area contributed by atoms with Crippen molar-refractivity contribution in [3.8, 4) is 0 Å². The summed E-state index contributed by atoms with van der Waals surface area (Å²) in [5.41, 5.74) is 2.77. The van der Waals surface area contributed by atoms with Crippen LogP contribution < -0.4 is 10.6 Å². The van der Waals surface area contributed by atoms with Crippen molar-refractivity contribution in [2.45, 2.75) is 19.4 Å². The first kappa shape index (κ1) is 15.3. The van der Waals surface area contributed by atoms with Gasteiger partial charge in [0.15, 0.2) is 0 Å². The third-order valence-electron chi connectivity index (χ3n) is 2.98. The number of hydrogen-bond donors (Lipinski definition) is 2. The minimum Gasteiger partial charge on any atom is -0.467 e. The van der Waals surface area contributed by atoms with Crippen LogP contribution in [0.5, 0.6) is 0 Å². The summed E-state index contributed by atoms with van der Waals surface area (Å²) in [6, 6.07) is 4.85. The first-order chi connectivity index (χ1) is 8.61. The summed E-state index contributed by atoms with van der Waals surface area (Å²) in [6.45, 7) is 2.50. The van der Waals surface area contributed by atoms with Crippen LogP contribution in [0.4, 0.5) is 5.69 Å². The molecule has 0 radical (unpaired) electrons. The molecular weight excluding hydrogens is 268 g/mol. The predicted octanol–water partition coefficient (Wildman–Crippen LogP) is 1.37. The lowest BCUT2D eigenvalue weighted by Gasteiger charge is -2.12.